The maximum absolute atomic E-state index is 11.7. The highest BCUT2D eigenvalue weighted by Crippen LogP contribution is 2.06. The summed E-state index contributed by atoms with van der Waals surface area (Å²) >= 11 is 0. The predicted molar refractivity (Wildman–Crippen MR) is 69.7 cm³/mol. The molecular formula is C13H17N3O4. The van der Waals surface area contributed by atoms with Crippen molar-refractivity contribution >= 4 is 17.8 Å². The molecule has 0 spiro atoms. The van der Waals surface area contributed by atoms with E-state index < -0.39 is 12.1 Å². The molecule has 1 fully saturated rings. The van der Waals surface area contributed by atoms with Crippen LogP contribution in [0.25, 0.3) is 0 Å². The molecule has 2 heterocycles. The van der Waals surface area contributed by atoms with Crippen LogP contribution in [0.15, 0.2) is 22.8 Å². The Balaban J connectivity index is 1.70. The second-order valence-electron chi connectivity index (χ2n) is 4.81. The summed E-state index contributed by atoms with van der Waals surface area (Å²) in [5, 5.41) is 7.41. The van der Waals surface area contributed by atoms with E-state index in [1.54, 1.807) is 12.3 Å². The average Bonchev–Trinajstić information content (AvgIpc) is 2.96. The molecule has 1 aromatic rings. The van der Waals surface area contributed by atoms with E-state index in [4.69, 9.17) is 4.42 Å². The molecule has 3 N–H and O–H groups in total. The zero-order valence-electron chi connectivity index (χ0n) is 11.1. The number of nitrogens with one attached hydrogen (secondary N) is 3. The van der Waals surface area contributed by atoms with Gasteiger partial charge in [-0.1, -0.05) is 0 Å². The van der Waals surface area contributed by atoms with Gasteiger partial charge >= 0.3 is 6.03 Å². The van der Waals surface area contributed by atoms with Gasteiger partial charge in [0.2, 0.25) is 5.91 Å². The molecule has 2 rings (SSSR count). The van der Waals surface area contributed by atoms with Crippen molar-refractivity contribution in [2.45, 2.75) is 38.3 Å². The van der Waals surface area contributed by atoms with Crippen molar-refractivity contribution in [2.75, 3.05) is 0 Å². The van der Waals surface area contributed by atoms with E-state index in [0.29, 0.717) is 6.42 Å². The van der Waals surface area contributed by atoms with E-state index in [2.05, 4.69) is 16.0 Å². The van der Waals surface area contributed by atoms with Crippen molar-refractivity contribution in [3.8, 4) is 0 Å². The van der Waals surface area contributed by atoms with Crippen LogP contribution in [0.2, 0.25) is 0 Å². The lowest BCUT2D eigenvalue weighted by atomic mass is 10.1. The maximum Gasteiger partial charge on any atom is 0.322 e. The fourth-order valence-corrected chi connectivity index (χ4v) is 2.07. The van der Waals surface area contributed by atoms with Crippen LogP contribution in [0, 0.1) is 0 Å². The maximum atomic E-state index is 11.7. The molecule has 0 bridgehead atoms. The Hall–Kier alpha value is -2.31. The average molecular weight is 279 g/mol. The zero-order valence-corrected chi connectivity index (χ0v) is 11.1. The van der Waals surface area contributed by atoms with Crippen LogP contribution < -0.4 is 16.0 Å². The number of hydrogen-bond donors (Lipinski definition) is 3. The first-order chi connectivity index (χ1) is 9.54. The lowest BCUT2D eigenvalue weighted by molar-refractivity contribution is -0.122. The Morgan fingerprint density at radius 3 is 2.90 bits per heavy atom. The molecule has 1 aliphatic heterocycles. The fourth-order valence-electron chi connectivity index (χ4n) is 2.07. The van der Waals surface area contributed by atoms with Crippen LogP contribution in [0.3, 0.4) is 0 Å². The number of amides is 4. The Morgan fingerprint density at radius 1 is 1.50 bits per heavy atom. The van der Waals surface area contributed by atoms with Crippen LogP contribution in [-0.4, -0.2) is 29.9 Å². The Labute approximate surface area is 116 Å². The van der Waals surface area contributed by atoms with E-state index in [-0.39, 0.29) is 30.7 Å². The minimum absolute atomic E-state index is 0.0550. The van der Waals surface area contributed by atoms with Crippen LogP contribution >= 0.6 is 0 Å². The highest BCUT2D eigenvalue weighted by Gasteiger charge is 2.29. The van der Waals surface area contributed by atoms with Crippen molar-refractivity contribution in [3.05, 3.63) is 24.2 Å². The van der Waals surface area contributed by atoms with Crippen LogP contribution in [-0.2, 0) is 16.0 Å². The lowest BCUT2D eigenvalue weighted by Crippen LogP contribution is -2.36. The molecule has 108 valence electrons. The number of hydrogen-bond acceptors (Lipinski definition) is 4. The highest BCUT2D eigenvalue weighted by molar-refractivity contribution is 6.04. The number of carbonyl (C=O) groups is 3. The smallest absolute Gasteiger partial charge is 0.322 e. The van der Waals surface area contributed by atoms with Gasteiger partial charge in [-0.3, -0.25) is 14.9 Å². The summed E-state index contributed by atoms with van der Waals surface area (Å²) in [6.45, 7) is 1.88. The van der Waals surface area contributed by atoms with Gasteiger partial charge < -0.3 is 15.1 Å². The third-order valence-electron chi connectivity index (χ3n) is 3.01. The normalized spacial score (nSPS) is 19.4. The standard InChI is InChI=1S/C13H17N3O4/c1-8(7-9-3-2-6-20-9)14-11(17)5-4-10-12(18)16-13(19)15-10/h2-3,6,8,10H,4-5,7H2,1H3,(H,14,17)(H2,15,16,18,19)/t8-,10-/m0/s1. The zero-order chi connectivity index (χ0) is 14.5. The van der Waals surface area contributed by atoms with Crippen molar-refractivity contribution < 1.29 is 18.8 Å². The van der Waals surface area contributed by atoms with E-state index in [0.717, 1.165) is 5.76 Å². The van der Waals surface area contributed by atoms with E-state index >= 15 is 0 Å². The molecule has 0 unspecified atom stereocenters. The number of rotatable bonds is 6. The molecule has 7 heteroatoms. The van der Waals surface area contributed by atoms with Crippen molar-refractivity contribution in [2.24, 2.45) is 0 Å². The largest absolute Gasteiger partial charge is 0.469 e. The van der Waals surface area contributed by atoms with Gasteiger partial charge in [0.25, 0.3) is 5.91 Å². The van der Waals surface area contributed by atoms with Gasteiger partial charge in [-0.25, -0.2) is 4.79 Å². The molecule has 1 aliphatic rings. The van der Waals surface area contributed by atoms with Crippen LogP contribution in [0.5, 0.6) is 0 Å². The molecule has 0 radical (unpaired) electrons. The van der Waals surface area contributed by atoms with E-state index in [1.165, 1.54) is 0 Å². The summed E-state index contributed by atoms with van der Waals surface area (Å²) in [7, 11) is 0. The first kappa shape index (κ1) is 14.1. The Kier molecular flexibility index (Phi) is 4.39. The fraction of sp³-hybridized carbons (Fsp3) is 0.462. The van der Waals surface area contributed by atoms with Gasteiger partial charge in [-0.05, 0) is 25.5 Å². The third kappa shape index (κ3) is 3.84. The van der Waals surface area contributed by atoms with Gasteiger partial charge in [0, 0.05) is 18.9 Å². The molecule has 2 atom stereocenters. The molecule has 7 nitrogen and oxygen atoms in total. The molecular weight excluding hydrogens is 262 g/mol. The Morgan fingerprint density at radius 2 is 2.30 bits per heavy atom. The monoisotopic (exact) mass is 279 g/mol. The van der Waals surface area contributed by atoms with E-state index in [9.17, 15) is 14.4 Å². The summed E-state index contributed by atoms with van der Waals surface area (Å²) < 4.78 is 5.20. The van der Waals surface area contributed by atoms with Gasteiger partial charge in [-0.15, -0.1) is 0 Å². The summed E-state index contributed by atoms with van der Waals surface area (Å²) in [6.07, 6.45) is 2.67. The summed E-state index contributed by atoms with van der Waals surface area (Å²) in [4.78, 5) is 33.9. The number of urea groups is 1. The molecule has 1 saturated heterocycles. The molecule has 20 heavy (non-hydrogen) atoms. The third-order valence-corrected chi connectivity index (χ3v) is 3.01. The quantitative estimate of drug-likeness (QED) is 0.653. The topological polar surface area (TPSA) is 100 Å². The molecule has 0 aromatic carbocycles. The predicted octanol–water partition coefficient (Wildman–Crippen LogP) is 0.315. The number of carbonyl (C=O) groups excluding carboxylic acids is 3. The van der Waals surface area contributed by atoms with Gasteiger partial charge in [0.15, 0.2) is 0 Å². The first-order valence-corrected chi connectivity index (χ1v) is 6.47. The van der Waals surface area contributed by atoms with Crippen LogP contribution in [0.1, 0.15) is 25.5 Å². The van der Waals surface area contributed by atoms with Crippen molar-refractivity contribution in [1.29, 1.82) is 0 Å². The summed E-state index contributed by atoms with van der Waals surface area (Å²) in [5.74, 6) is 0.268. The van der Waals surface area contributed by atoms with Crippen molar-refractivity contribution in [1.82, 2.24) is 16.0 Å². The summed E-state index contributed by atoms with van der Waals surface area (Å²) in [5.41, 5.74) is 0. The molecule has 1 aromatic heterocycles. The van der Waals surface area contributed by atoms with Gasteiger partial charge in [0.1, 0.15) is 11.8 Å². The Bertz CT molecular complexity index is 498. The molecule has 0 saturated carbocycles. The first-order valence-electron chi connectivity index (χ1n) is 6.47. The minimum Gasteiger partial charge on any atom is -0.469 e. The number of furan rings is 1. The van der Waals surface area contributed by atoms with Gasteiger partial charge in [0.05, 0.1) is 6.26 Å². The van der Waals surface area contributed by atoms with Crippen LogP contribution in [0.4, 0.5) is 4.79 Å². The molecule has 4 amide bonds. The second kappa shape index (κ2) is 6.23. The molecule has 0 aliphatic carbocycles. The van der Waals surface area contributed by atoms with Gasteiger partial charge in [-0.2, -0.15) is 0 Å². The lowest BCUT2D eigenvalue weighted by Gasteiger charge is -2.13. The minimum atomic E-state index is -0.617. The SMILES string of the molecule is C[C@@H](Cc1ccco1)NC(=O)CC[C@@H]1NC(=O)NC1=O. The summed E-state index contributed by atoms with van der Waals surface area (Å²) in [6, 6.07) is 2.47. The second-order valence-corrected chi connectivity index (χ2v) is 4.81. The number of imide groups is 1. The van der Waals surface area contributed by atoms with E-state index in [1.807, 2.05) is 13.0 Å². The highest BCUT2D eigenvalue weighted by atomic mass is 16.3. The van der Waals surface area contributed by atoms with Crippen molar-refractivity contribution in [3.63, 3.8) is 0 Å².